The average Bonchev–Trinajstić information content (AvgIpc) is 3.02. The fourth-order valence-corrected chi connectivity index (χ4v) is 3.43. The van der Waals surface area contributed by atoms with Crippen LogP contribution in [0.25, 0.3) is 0 Å². The molecule has 0 amide bonds. The molecule has 0 radical (unpaired) electrons. The van der Waals surface area contributed by atoms with Gasteiger partial charge in [-0.15, -0.1) is 0 Å². The van der Waals surface area contributed by atoms with Crippen LogP contribution in [0.3, 0.4) is 0 Å². The Morgan fingerprint density at radius 1 is 1.33 bits per heavy atom. The third-order valence-corrected chi connectivity index (χ3v) is 4.44. The Hall–Kier alpha value is -0.860. The molecule has 2 aliphatic rings. The van der Waals surface area contributed by atoms with E-state index in [4.69, 9.17) is 4.74 Å². The van der Waals surface area contributed by atoms with Gasteiger partial charge < -0.3 is 10.1 Å². The highest BCUT2D eigenvalue weighted by Gasteiger charge is 2.46. The summed E-state index contributed by atoms with van der Waals surface area (Å²) >= 11 is 0. The maximum Gasteiger partial charge on any atom is 0.0510 e. The smallest absolute Gasteiger partial charge is 0.0510 e. The van der Waals surface area contributed by atoms with E-state index in [0.717, 1.165) is 37.5 Å². The molecular formula is C16H23NO. The van der Waals surface area contributed by atoms with Gasteiger partial charge in [-0.05, 0) is 36.8 Å². The lowest BCUT2D eigenvalue weighted by molar-refractivity contribution is 0.173. The third kappa shape index (κ3) is 2.45. The van der Waals surface area contributed by atoms with Crippen molar-refractivity contribution in [1.29, 1.82) is 0 Å². The maximum atomic E-state index is 5.56. The summed E-state index contributed by atoms with van der Waals surface area (Å²) in [6.07, 6.45) is 2.58. The Kier molecular flexibility index (Phi) is 3.67. The lowest BCUT2D eigenvalue weighted by atomic mass is 9.92. The Morgan fingerprint density at radius 2 is 2.17 bits per heavy atom. The van der Waals surface area contributed by atoms with E-state index in [1.54, 1.807) is 0 Å². The number of hydrogen-bond acceptors (Lipinski definition) is 2. The normalized spacial score (nSPS) is 32.4. The van der Waals surface area contributed by atoms with E-state index in [1.165, 1.54) is 18.4 Å². The molecule has 0 aromatic heterocycles. The third-order valence-electron chi connectivity index (χ3n) is 4.44. The minimum absolute atomic E-state index is 0.655. The van der Waals surface area contributed by atoms with E-state index in [0.29, 0.717) is 6.04 Å². The van der Waals surface area contributed by atoms with Crippen LogP contribution in [-0.2, 0) is 4.74 Å². The van der Waals surface area contributed by atoms with Gasteiger partial charge in [0, 0.05) is 18.6 Å². The second-order valence-electron chi connectivity index (χ2n) is 5.62. The Morgan fingerprint density at radius 3 is 2.83 bits per heavy atom. The van der Waals surface area contributed by atoms with Crippen LogP contribution in [0, 0.1) is 11.8 Å². The first-order valence-corrected chi connectivity index (χ1v) is 7.26. The van der Waals surface area contributed by atoms with E-state index in [-0.39, 0.29) is 0 Å². The van der Waals surface area contributed by atoms with Crippen molar-refractivity contribution >= 4 is 0 Å². The molecule has 0 bridgehead atoms. The molecule has 4 unspecified atom stereocenters. The molecule has 98 valence electrons. The Balaban J connectivity index is 1.66. The first-order valence-electron chi connectivity index (χ1n) is 7.26. The lowest BCUT2D eigenvalue weighted by Gasteiger charge is -2.23. The number of ether oxygens (including phenoxy) is 1. The quantitative estimate of drug-likeness (QED) is 0.861. The van der Waals surface area contributed by atoms with E-state index < -0.39 is 0 Å². The van der Waals surface area contributed by atoms with Crippen LogP contribution in [0.1, 0.15) is 31.2 Å². The van der Waals surface area contributed by atoms with Gasteiger partial charge in [-0.1, -0.05) is 37.3 Å². The number of benzene rings is 1. The van der Waals surface area contributed by atoms with Crippen LogP contribution in [0.2, 0.25) is 0 Å². The van der Waals surface area contributed by atoms with Crippen molar-refractivity contribution in [2.24, 2.45) is 11.8 Å². The molecule has 1 aliphatic heterocycles. The van der Waals surface area contributed by atoms with Crippen LogP contribution >= 0.6 is 0 Å². The second kappa shape index (κ2) is 5.41. The van der Waals surface area contributed by atoms with Crippen molar-refractivity contribution < 1.29 is 4.74 Å². The fourth-order valence-electron chi connectivity index (χ4n) is 3.43. The highest BCUT2D eigenvalue weighted by atomic mass is 16.5. The van der Waals surface area contributed by atoms with Gasteiger partial charge in [-0.25, -0.2) is 0 Å². The summed E-state index contributed by atoms with van der Waals surface area (Å²) in [5.74, 6) is 2.32. The van der Waals surface area contributed by atoms with E-state index >= 15 is 0 Å². The first kappa shape index (κ1) is 12.2. The maximum absolute atomic E-state index is 5.56. The van der Waals surface area contributed by atoms with Crippen molar-refractivity contribution in [3.63, 3.8) is 0 Å². The summed E-state index contributed by atoms with van der Waals surface area (Å²) in [5.41, 5.74) is 1.52. The van der Waals surface area contributed by atoms with Crippen molar-refractivity contribution in [2.75, 3.05) is 19.8 Å². The molecule has 1 saturated heterocycles. The summed E-state index contributed by atoms with van der Waals surface area (Å²) in [6, 6.07) is 11.6. The van der Waals surface area contributed by atoms with Crippen LogP contribution in [0.15, 0.2) is 30.3 Å². The Labute approximate surface area is 110 Å². The molecule has 2 fully saturated rings. The zero-order valence-corrected chi connectivity index (χ0v) is 11.1. The predicted octanol–water partition coefficient (Wildman–Crippen LogP) is 2.80. The molecule has 3 rings (SSSR count). The number of hydrogen-bond donors (Lipinski definition) is 1. The van der Waals surface area contributed by atoms with Crippen molar-refractivity contribution in [3.05, 3.63) is 35.9 Å². The average molecular weight is 245 g/mol. The highest BCUT2D eigenvalue weighted by molar-refractivity contribution is 5.27. The minimum atomic E-state index is 0.655. The molecule has 1 aromatic rings. The molecular weight excluding hydrogens is 222 g/mol. The van der Waals surface area contributed by atoms with Gasteiger partial charge in [0.1, 0.15) is 0 Å². The molecule has 1 saturated carbocycles. The van der Waals surface area contributed by atoms with Gasteiger partial charge >= 0.3 is 0 Å². The molecule has 1 N–H and O–H groups in total. The Bertz CT molecular complexity index is 372. The molecule has 4 atom stereocenters. The second-order valence-corrected chi connectivity index (χ2v) is 5.62. The standard InChI is InChI=1S/C16H23NO/c1-2-17-16(13-8-9-18-11-13)15-10-14(15)12-6-4-3-5-7-12/h3-7,13-17H,2,8-11H2,1H3. The monoisotopic (exact) mass is 245 g/mol. The van der Waals surface area contributed by atoms with E-state index in [9.17, 15) is 0 Å². The van der Waals surface area contributed by atoms with Crippen molar-refractivity contribution in [3.8, 4) is 0 Å². The molecule has 2 nitrogen and oxygen atoms in total. The largest absolute Gasteiger partial charge is 0.381 e. The topological polar surface area (TPSA) is 21.3 Å². The number of rotatable bonds is 5. The molecule has 1 aliphatic carbocycles. The molecule has 2 heteroatoms. The predicted molar refractivity (Wildman–Crippen MR) is 73.7 cm³/mol. The first-order chi connectivity index (χ1) is 8.90. The zero-order valence-electron chi connectivity index (χ0n) is 11.1. The summed E-state index contributed by atoms with van der Waals surface area (Å²) < 4.78 is 5.56. The van der Waals surface area contributed by atoms with Crippen LogP contribution in [-0.4, -0.2) is 25.8 Å². The summed E-state index contributed by atoms with van der Waals surface area (Å²) in [6.45, 7) is 5.19. The molecule has 1 aromatic carbocycles. The minimum Gasteiger partial charge on any atom is -0.381 e. The van der Waals surface area contributed by atoms with Crippen LogP contribution in [0.5, 0.6) is 0 Å². The van der Waals surface area contributed by atoms with Crippen LogP contribution < -0.4 is 5.32 Å². The van der Waals surface area contributed by atoms with E-state index in [2.05, 4.69) is 42.6 Å². The molecule has 1 heterocycles. The van der Waals surface area contributed by atoms with E-state index in [1.807, 2.05) is 0 Å². The van der Waals surface area contributed by atoms with Crippen LogP contribution in [0.4, 0.5) is 0 Å². The van der Waals surface area contributed by atoms with Gasteiger partial charge in [0.15, 0.2) is 0 Å². The fraction of sp³-hybridized carbons (Fsp3) is 0.625. The van der Waals surface area contributed by atoms with Gasteiger partial charge in [-0.2, -0.15) is 0 Å². The summed E-state index contributed by atoms with van der Waals surface area (Å²) in [4.78, 5) is 0. The molecule has 18 heavy (non-hydrogen) atoms. The van der Waals surface area contributed by atoms with Gasteiger partial charge in [0.25, 0.3) is 0 Å². The number of nitrogens with one attached hydrogen (secondary N) is 1. The van der Waals surface area contributed by atoms with Gasteiger partial charge in [0.2, 0.25) is 0 Å². The molecule has 0 spiro atoms. The summed E-state index contributed by atoms with van der Waals surface area (Å²) in [7, 11) is 0. The SMILES string of the molecule is CCNC(C1CCOC1)C1CC1c1ccccc1. The lowest BCUT2D eigenvalue weighted by Crippen LogP contribution is -2.38. The zero-order chi connectivity index (χ0) is 12.4. The highest BCUT2D eigenvalue weighted by Crippen LogP contribution is 2.51. The summed E-state index contributed by atoms with van der Waals surface area (Å²) in [5, 5.41) is 3.71. The van der Waals surface area contributed by atoms with Crippen molar-refractivity contribution in [1.82, 2.24) is 5.32 Å². The van der Waals surface area contributed by atoms with Gasteiger partial charge in [-0.3, -0.25) is 0 Å². The van der Waals surface area contributed by atoms with Gasteiger partial charge in [0.05, 0.1) is 6.61 Å². The van der Waals surface area contributed by atoms with Crippen molar-refractivity contribution in [2.45, 2.75) is 31.7 Å².